The molecule has 0 N–H and O–H groups in total. The first kappa shape index (κ1) is 13.1. The molecule has 0 fully saturated rings. The van der Waals surface area contributed by atoms with Gasteiger partial charge in [0.15, 0.2) is 0 Å². The number of hydrogen-bond acceptors (Lipinski definition) is 2. The second kappa shape index (κ2) is 6.01. The van der Waals surface area contributed by atoms with E-state index in [1.54, 1.807) is 0 Å². The van der Waals surface area contributed by atoms with Crippen LogP contribution in [0.5, 0.6) is 0 Å². The molecular weight excluding hydrogens is 236 g/mol. The zero-order valence-electron chi connectivity index (χ0n) is 10.9. The van der Waals surface area contributed by atoms with Crippen molar-refractivity contribution in [1.29, 1.82) is 0 Å². The molecule has 3 rings (SSSR count). The van der Waals surface area contributed by atoms with Gasteiger partial charge in [-0.1, -0.05) is 55.1 Å². The number of ether oxygens (including phenoxy) is 1. The van der Waals surface area contributed by atoms with Gasteiger partial charge in [-0.15, -0.1) is 0 Å². The molecule has 0 aliphatic heterocycles. The maximum Gasteiger partial charge on any atom is 0.329 e. The predicted octanol–water partition coefficient (Wildman–Crippen LogP) is 3.60. The van der Waals surface area contributed by atoms with Crippen molar-refractivity contribution in [2.45, 2.75) is 6.42 Å². The number of esters is 1. The van der Waals surface area contributed by atoms with Crippen LogP contribution >= 0.6 is 0 Å². The van der Waals surface area contributed by atoms with E-state index in [4.69, 9.17) is 0 Å². The van der Waals surface area contributed by atoms with Crippen LogP contribution in [0.3, 0.4) is 0 Å². The van der Waals surface area contributed by atoms with Gasteiger partial charge >= 0.3 is 5.97 Å². The van der Waals surface area contributed by atoms with Gasteiger partial charge in [0.05, 0.1) is 7.11 Å². The second-order valence-corrected chi connectivity index (χ2v) is 4.22. The highest BCUT2D eigenvalue weighted by atomic mass is 16.5. The van der Waals surface area contributed by atoms with E-state index in [1.165, 1.54) is 29.4 Å². The van der Waals surface area contributed by atoms with Gasteiger partial charge in [0.25, 0.3) is 0 Å². The molecule has 0 saturated carbocycles. The quantitative estimate of drug-likeness (QED) is 0.488. The number of rotatable bonds is 1. The summed E-state index contributed by atoms with van der Waals surface area (Å²) in [5, 5.41) is 0. The Morgan fingerprint density at radius 3 is 1.89 bits per heavy atom. The molecule has 19 heavy (non-hydrogen) atoms. The summed E-state index contributed by atoms with van der Waals surface area (Å²) in [5.41, 5.74) is 5.75. The van der Waals surface area contributed by atoms with Crippen LogP contribution in [0.1, 0.15) is 11.1 Å². The molecule has 2 nitrogen and oxygen atoms in total. The molecule has 0 radical (unpaired) electrons. The summed E-state index contributed by atoms with van der Waals surface area (Å²) in [6.45, 7) is 3.16. The molecular formula is C17H16O2. The molecule has 0 spiro atoms. The minimum atomic E-state index is -0.394. The number of carbonyl (C=O) groups excluding carboxylic acids is 1. The van der Waals surface area contributed by atoms with Crippen molar-refractivity contribution in [3.05, 3.63) is 72.3 Å². The topological polar surface area (TPSA) is 26.3 Å². The van der Waals surface area contributed by atoms with Gasteiger partial charge in [0.1, 0.15) is 0 Å². The lowest BCUT2D eigenvalue weighted by atomic mass is 10.1. The van der Waals surface area contributed by atoms with Crippen LogP contribution in [0.25, 0.3) is 11.1 Å². The van der Waals surface area contributed by atoms with Crippen molar-refractivity contribution in [3.63, 3.8) is 0 Å². The van der Waals surface area contributed by atoms with Crippen LogP contribution in [0.15, 0.2) is 61.2 Å². The molecule has 2 aromatic carbocycles. The second-order valence-electron chi connectivity index (χ2n) is 4.22. The molecule has 0 saturated heterocycles. The van der Waals surface area contributed by atoms with Gasteiger partial charge in [0, 0.05) is 6.08 Å². The lowest BCUT2D eigenvalue weighted by molar-refractivity contribution is -0.134. The Labute approximate surface area is 113 Å². The number of carbonyl (C=O) groups is 1. The van der Waals surface area contributed by atoms with E-state index in [9.17, 15) is 4.79 Å². The standard InChI is InChI=1S/C13H10.C4H6O2/c1-3-7-12-10(5-1)9-11-6-2-4-8-13(11)12;1-3-4(5)6-2/h1-8H,9H2;3H,1H2,2H3. The highest BCUT2D eigenvalue weighted by Crippen LogP contribution is 2.35. The maximum absolute atomic E-state index is 9.84. The molecule has 0 bridgehead atoms. The third kappa shape index (κ3) is 2.91. The van der Waals surface area contributed by atoms with E-state index in [0.717, 1.165) is 12.5 Å². The molecule has 0 unspecified atom stereocenters. The van der Waals surface area contributed by atoms with Crippen molar-refractivity contribution in [3.8, 4) is 11.1 Å². The fourth-order valence-corrected chi connectivity index (χ4v) is 2.16. The predicted molar refractivity (Wildman–Crippen MR) is 76.9 cm³/mol. The van der Waals surface area contributed by atoms with E-state index >= 15 is 0 Å². The highest BCUT2D eigenvalue weighted by Gasteiger charge is 2.15. The van der Waals surface area contributed by atoms with Crippen LogP contribution in [0, 0.1) is 0 Å². The van der Waals surface area contributed by atoms with Crippen molar-refractivity contribution >= 4 is 5.97 Å². The molecule has 0 amide bonds. The van der Waals surface area contributed by atoms with E-state index in [2.05, 4.69) is 59.8 Å². The summed E-state index contributed by atoms with van der Waals surface area (Å²) in [4.78, 5) is 9.84. The zero-order valence-corrected chi connectivity index (χ0v) is 10.9. The maximum atomic E-state index is 9.84. The molecule has 96 valence electrons. The van der Waals surface area contributed by atoms with E-state index in [0.29, 0.717) is 0 Å². The summed E-state index contributed by atoms with van der Waals surface area (Å²) in [7, 11) is 1.31. The number of hydrogen-bond donors (Lipinski definition) is 0. The van der Waals surface area contributed by atoms with Crippen LogP contribution in [-0.2, 0) is 16.0 Å². The first-order valence-electron chi connectivity index (χ1n) is 6.13. The molecule has 0 aromatic heterocycles. The Balaban J connectivity index is 0.000000192. The monoisotopic (exact) mass is 252 g/mol. The molecule has 2 aromatic rings. The summed E-state index contributed by atoms with van der Waals surface area (Å²) in [5.74, 6) is -0.394. The number of benzene rings is 2. The average Bonchev–Trinajstić information content (AvgIpc) is 2.85. The van der Waals surface area contributed by atoms with Gasteiger partial charge in [-0.05, 0) is 28.7 Å². The summed E-state index contributed by atoms with van der Waals surface area (Å²) in [6, 6.07) is 17.3. The summed E-state index contributed by atoms with van der Waals surface area (Å²) < 4.78 is 4.14. The first-order valence-corrected chi connectivity index (χ1v) is 6.13. The first-order chi connectivity index (χ1) is 9.26. The third-order valence-electron chi connectivity index (χ3n) is 3.07. The Bertz CT molecular complexity index is 556. The van der Waals surface area contributed by atoms with Crippen LogP contribution in [-0.4, -0.2) is 13.1 Å². The van der Waals surface area contributed by atoms with Crippen molar-refractivity contribution in [1.82, 2.24) is 0 Å². The lowest BCUT2D eigenvalue weighted by Crippen LogP contribution is -1.91. The molecule has 0 atom stereocenters. The summed E-state index contributed by atoms with van der Waals surface area (Å²) >= 11 is 0. The SMILES string of the molecule is C=CC(=O)OC.c1ccc2c(c1)Cc1ccccc1-2. The van der Waals surface area contributed by atoms with E-state index < -0.39 is 5.97 Å². The fourth-order valence-electron chi connectivity index (χ4n) is 2.16. The van der Waals surface area contributed by atoms with Gasteiger partial charge in [-0.2, -0.15) is 0 Å². The van der Waals surface area contributed by atoms with Crippen molar-refractivity contribution in [2.24, 2.45) is 0 Å². The normalized spacial score (nSPS) is 10.6. The third-order valence-corrected chi connectivity index (χ3v) is 3.07. The van der Waals surface area contributed by atoms with Crippen LogP contribution in [0.4, 0.5) is 0 Å². The van der Waals surface area contributed by atoms with Crippen LogP contribution in [0.2, 0.25) is 0 Å². The largest absolute Gasteiger partial charge is 0.466 e. The Hall–Kier alpha value is -2.35. The van der Waals surface area contributed by atoms with E-state index in [-0.39, 0.29) is 0 Å². The van der Waals surface area contributed by atoms with Gasteiger partial charge in [0.2, 0.25) is 0 Å². The van der Waals surface area contributed by atoms with Crippen LogP contribution < -0.4 is 0 Å². The fraction of sp³-hybridized carbons (Fsp3) is 0.118. The van der Waals surface area contributed by atoms with Crippen molar-refractivity contribution < 1.29 is 9.53 Å². The average molecular weight is 252 g/mol. The Morgan fingerprint density at radius 1 is 1.05 bits per heavy atom. The summed E-state index contributed by atoms with van der Waals surface area (Å²) in [6.07, 6.45) is 2.21. The lowest BCUT2D eigenvalue weighted by Gasteiger charge is -1.98. The minimum Gasteiger partial charge on any atom is -0.466 e. The number of fused-ring (bicyclic) bond motifs is 3. The Kier molecular flexibility index (Phi) is 4.14. The number of methoxy groups -OCH3 is 1. The smallest absolute Gasteiger partial charge is 0.329 e. The van der Waals surface area contributed by atoms with Gasteiger partial charge in [-0.3, -0.25) is 0 Å². The van der Waals surface area contributed by atoms with E-state index in [1.807, 2.05) is 0 Å². The molecule has 2 heteroatoms. The molecule has 1 aliphatic carbocycles. The minimum absolute atomic E-state index is 0.394. The molecule has 0 heterocycles. The van der Waals surface area contributed by atoms with Gasteiger partial charge < -0.3 is 4.74 Å². The highest BCUT2D eigenvalue weighted by molar-refractivity contribution is 5.80. The van der Waals surface area contributed by atoms with Crippen molar-refractivity contribution in [2.75, 3.05) is 7.11 Å². The van der Waals surface area contributed by atoms with Gasteiger partial charge in [-0.25, -0.2) is 4.79 Å². The Morgan fingerprint density at radius 2 is 1.53 bits per heavy atom. The molecule has 1 aliphatic rings. The zero-order chi connectivity index (χ0) is 13.7.